The number of nitrogens with zero attached hydrogens (tertiary/aromatic N) is 1. The zero-order chi connectivity index (χ0) is 14.8. The normalized spacial score (nSPS) is 11.6. The van der Waals surface area contributed by atoms with Crippen molar-refractivity contribution in [3.05, 3.63) is 47.1 Å². The highest BCUT2D eigenvalue weighted by molar-refractivity contribution is 7.94. The second-order valence-electron chi connectivity index (χ2n) is 4.23. The maximum absolute atomic E-state index is 13.7. The highest BCUT2D eigenvalue weighted by atomic mass is 32.2. The highest BCUT2D eigenvalue weighted by Crippen LogP contribution is 2.28. The van der Waals surface area contributed by atoms with Crippen LogP contribution in [0.3, 0.4) is 0 Å². The molecule has 0 bridgehead atoms. The van der Waals surface area contributed by atoms with E-state index in [9.17, 15) is 12.8 Å². The molecule has 0 unspecified atom stereocenters. The van der Waals surface area contributed by atoms with Gasteiger partial charge in [0.05, 0.1) is 5.69 Å². The van der Waals surface area contributed by atoms with Crippen molar-refractivity contribution < 1.29 is 12.8 Å². The molecule has 2 rings (SSSR count). The summed E-state index contributed by atoms with van der Waals surface area (Å²) >= 11 is 1.13. The Morgan fingerprint density at radius 2 is 2.05 bits per heavy atom. The third-order valence-electron chi connectivity index (χ3n) is 2.82. The summed E-state index contributed by atoms with van der Waals surface area (Å²) in [5, 5.41) is 4.73. The molecule has 0 saturated carbocycles. The Morgan fingerprint density at radius 3 is 2.70 bits per heavy atom. The Kier molecular flexibility index (Phi) is 4.42. The van der Waals surface area contributed by atoms with Crippen LogP contribution < -0.4 is 9.62 Å². The first-order valence-corrected chi connectivity index (χ1v) is 8.24. The first-order chi connectivity index (χ1) is 9.46. The van der Waals surface area contributed by atoms with Crippen LogP contribution in [0.4, 0.5) is 10.1 Å². The molecule has 0 atom stereocenters. The van der Waals surface area contributed by atoms with E-state index >= 15 is 0 Å². The Balaban J connectivity index is 2.36. The molecule has 1 aromatic heterocycles. The van der Waals surface area contributed by atoms with Gasteiger partial charge in [0, 0.05) is 13.6 Å². The van der Waals surface area contributed by atoms with E-state index in [1.54, 1.807) is 24.6 Å². The van der Waals surface area contributed by atoms with Gasteiger partial charge in [0.25, 0.3) is 10.0 Å². The number of rotatable bonds is 5. The van der Waals surface area contributed by atoms with Gasteiger partial charge >= 0.3 is 0 Å². The fourth-order valence-electron chi connectivity index (χ4n) is 1.76. The molecule has 0 saturated heterocycles. The Labute approximate surface area is 121 Å². The predicted molar refractivity (Wildman–Crippen MR) is 79.1 cm³/mol. The van der Waals surface area contributed by atoms with E-state index in [0.717, 1.165) is 21.2 Å². The van der Waals surface area contributed by atoms with Crippen LogP contribution in [0.25, 0.3) is 0 Å². The molecule has 0 spiro atoms. The topological polar surface area (TPSA) is 49.4 Å². The third kappa shape index (κ3) is 2.84. The van der Waals surface area contributed by atoms with E-state index in [4.69, 9.17) is 0 Å². The molecule has 4 nitrogen and oxygen atoms in total. The molecule has 1 aromatic carbocycles. The minimum Gasteiger partial charge on any atom is -0.316 e. The van der Waals surface area contributed by atoms with Crippen LogP contribution in [-0.4, -0.2) is 22.5 Å². The summed E-state index contributed by atoms with van der Waals surface area (Å²) in [6, 6.07) is 7.41. The van der Waals surface area contributed by atoms with Gasteiger partial charge in [0.2, 0.25) is 0 Å². The van der Waals surface area contributed by atoms with Crippen LogP contribution in [-0.2, 0) is 16.6 Å². The van der Waals surface area contributed by atoms with E-state index in [2.05, 4.69) is 5.32 Å². The van der Waals surface area contributed by atoms with Crippen molar-refractivity contribution in [2.75, 3.05) is 18.4 Å². The summed E-state index contributed by atoms with van der Waals surface area (Å²) in [6.45, 7) is 0.593. The molecule has 1 heterocycles. The number of thiophene rings is 1. The summed E-state index contributed by atoms with van der Waals surface area (Å²) in [4.78, 5) is 0. The average Bonchev–Trinajstić information content (AvgIpc) is 2.88. The molecule has 0 aliphatic carbocycles. The number of anilines is 1. The number of benzene rings is 1. The van der Waals surface area contributed by atoms with Crippen LogP contribution >= 0.6 is 11.3 Å². The summed E-state index contributed by atoms with van der Waals surface area (Å²) in [5.74, 6) is -0.564. The number of hydrogen-bond donors (Lipinski definition) is 1. The Hall–Kier alpha value is -1.44. The van der Waals surface area contributed by atoms with Crippen LogP contribution in [0.15, 0.2) is 39.9 Å². The lowest BCUT2D eigenvalue weighted by Crippen LogP contribution is -2.26. The van der Waals surface area contributed by atoms with Gasteiger partial charge in [-0.2, -0.15) is 0 Å². The molecule has 0 fully saturated rings. The molecule has 0 aliphatic heterocycles. The number of nitrogens with one attached hydrogen (secondary N) is 1. The van der Waals surface area contributed by atoms with E-state index in [0.29, 0.717) is 6.54 Å². The lowest BCUT2D eigenvalue weighted by Gasteiger charge is -2.18. The van der Waals surface area contributed by atoms with Crippen LogP contribution in [0.1, 0.15) is 5.56 Å². The van der Waals surface area contributed by atoms with Crippen molar-refractivity contribution in [1.29, 1.82) is 0 Å². The van der Waals surface area contributed by atoms with Gasteiger partial charge < -0.3 is 5.32 Å². The number of sulfonamides is 1. The predicted octanol–water partition coefficient (Wildman–Crippen LogP) is 2.43. The van der Waals surface area contributed by atoms with Gasteiger partial charge in [-0.1, -0.05) is 12.1 Å². The van der Waals surface area contributed by atoms with Gasteiger partial charge in [0.1, 0.15) is 10.0 Å². The largest absolute Gasteiger partial charge is 0.316 e. The second-order valence-corrected chi connectivity index (χ2v) is 7.34. The molecule has 7 heteroatoms. The maximum Gasteiger partial charge on any atom is 0.273 e. The van der Waals surface area contributed by atoms with E-state index < -0.39 is 15.8 Å². The van der Waals surface area contributed by atoms with E-state index in [1.807, 2.05) is 0 Å². The molecule has 1 N–H and O–H groups in total. The van der Waals surface area contributed by atoms with E-state index in [-0.39, 0.29) is 9.90 Å². The van der Waals surface area contributed by atoms with Crippen molar-refractivity contribution >= 4 is 27.0 Å². The second kappa shape index (κ2) is 5.90. The van der Waals surface area contributed by atoms with Crippen LogP contribution in [0, 0.1) is 5.82 Å². The fraction of sp³-hybridized carbons (Fsp3) is 0.231. The maximum atomic E-state index is 13.7. The van der Waals surface area contributed by atoms with Gasteiger partial charge in [-0.3, -0.25) is 4.31 Å². The summed E-state index contributed by atoms with van der Waals surface area (Å²) in [6.07, 6.45) is 0. The fourth-order valence-corrected chi connectivity index (χ4v) is 4.34. The van der Waals surface area contributed by atoms with Crippen molar-refractivity contribution in [3.8, 4) is 0 Å². The third-order valence-corrected chi connectivity index (χ3v) is 6.05. The van der Waals surface area contributed by atoms with Gasteiger partial charge in [0.15, 0.2) is 0 Å². The van der Waals surface area contributed by atoms with Gasteiger partial charge in [-0.05, 0) is 36.2 Å². The lowest BCUT2D eigenvalue weighted by atomic mass is 10.3. The number of para-hydroxylation sites is 1. The van der Waals surface area contributed by atoms with Gasteiger partial charge in [-0.15, -0.1) is 11.3 Å². The van der Waals surface area contributed by atoms with Crippen molar-refractivity contribution in [2.24, 2.45) is 0 Å². The monoisotopic (exact) mass is 314 g/mol. The first kappa shape index (κ1) is 15.0. The Bertz CT molecular complexity index is 698. The van der Waals surface area contributed by atoms with Crippen molar-refractivity contribution in [3.63, 3.8) is 0 Å². The SMILES string of the molecule is CNCc1csc(S(=O)(=O)N(C)c2ccccc2F)c1. The van der Waals surface area contributed by atoms with Crippen LogP contribution in [0.2, 0.25) is 0 Å². The molecule has 2 aromatic rings. The Morgan fingerprint density at radius 1 is 1.35 bits per heavy atom. The summed E-state index contributed by atoms with van der Waals surface area (Å²) < 4.78 is 39.8. The summed E-state index contributed by atoms with van der Waals surface area (Å²) in [5.41, 5.74) is 0.925. The first-order valence-electron chi connectivity index (χ1n) is 5.92. The standard InChI is InChI=1S/C13H15FN2O2S2/c1-15-8-10-7-13(19-9-10)20(17,18)16(2)12-6-4-3-5-11(12)14/h3-7,9,15H,8H2,1-2H3. The summed E-state index contributed by atoms with van der Waals surface area (Å²) in [7, 11) is -0.587. The molecular formula is C13H15FN2O2S2. The molecule has 0 amide bonds. The molecule has 0 radical (unpaired) electrons. The minimum absolute atomic E-state index is 0.0380. The highest BCUT2D eigenvalue weighted by Gasteiger charge is 2.24. The lowest BCUT2D eigenvalue weighted by molar-refractivity contribution is 0.591. The average molecular weight is 314 g/mol. The van der Waals surface area contributed by atoms with Crippen molar-refractivity contribution in [2.45, 2.75) is 10.8 Å². The molecular weight excluding hydrogens is 299 g/mol. The number of halogens is 1. The van der Waals surface area contributed by atoms with Crippen molar-refractivity contribution in [1.82, 2.24) is 5.32 Å². The number of hydrogen-bond acceptors (Lipinski definition) is 4. The minimum atomic E-state index is -3.73. The molecule has 108 valence electrons. The molecule has 20 heavy (non-hydrogen) atoms. The molecule has 0 aliphatic rings. The quantitative estimate of drug-likeness (QED) is 0.922. The smallest absolute Gasteiger partial charge is 0.273 e. The zero-order valence-corrected chi connectivity index (χ0v) is 12.8. The van der Waals surface area contributed by atoms with Gasteiger partial charge in [-0.25, -0.2) is 12.8 Å². The zero-order valence-electron chi connectivity index (χ0n) is 11.1. The van der Waals surface area contributed by atoms with Crippen LogP contribution in [0.5, 0.6) is 0 Å². The van der Waals surface area contributed by atoms with E-state index in [1.165, 1.54) is 25.2 Å².